The van der Waals surface area contributed by atoms with Gasteiger partial charge in [-0.1, -0.05) is 43.5 Å². The number of carbonyl (C=O) groups is 1. The van der Waals surface area contributed by atoms with Crippen molar-refractivity contribution in [2.75, 3.05) is 5.32 Å². The molecule has 1 aliphatic carbocycles. The van der Waals surface area contributed by atoms with E-state index in [1.165, 1.54) is 37.4 Å². The summed E-state index contributed by atoms with van der Waals surface area (Å²) >= 11 is 1.33. The molecule has 1 unspecified atom stereocenters. The number of benzene rings is 1. The lowest BCUT2D eigenvalue weighted by atomic mass is 10.0. The molecule has 1 aromatic heterocycles. The van der Waals surface area contributed by atoms with Crippen LogP contribution in [0.5, 0.6) is 0 Å². The van der Waals surface area contributed by atoms with Crippen molar-refractivity contribution in [3.63, 3.8) is 0 Å². The number of H-pyrrole nitrogens is 1. The fourth-order valence-electron chi connectivity index (χ4n) is 3.03. The second kappa shape index (κ2) is 8.17. The molecule has 0 spiro atoms. The summed E-state index contributed by atoms with van der Waals surface area (Å²) in [4.78, 5) is 16.8. The molecule has 1 aliphatic rings. The molecule has 0 radical (unpaired) electrons. The van der Waals surface area contributed by atoms with Crippen molar-refractivity contribution in [3.05, 3.63) is 35.7 Å². The molecule has 2 aromatic rings. The van der Waals surface area contributed by atoms with Crippen molar-refractivity contribution in [1.29, 1.82) is 5.26 Å². The van der Waals surface area contributed by atoms with Gasteiger partial charge in [-0.25, -0.2) is 4.98 Å². The normalized spacial score (nSPS) is 15.7. The maximum Gasteiger partial charge on any atom is 0.237 e. The van der Waals surface area contributed by atoms with E-state index in [4.69, 9.17) is 5.26 Å². The maximum absolute atomic E-state index is 12.3. The fourth-order valence-corrected chi connectivity index (χ4v) is 3.78. The first kappa shape index (κ1) is 17.5. The predicted octanol–water partition coefficient (Wildman–Crippen LogP) is 3.53. The molecule has 1 aromatic carbocycles. The van der Waals surface area contributed by atoms with E-state index in [0.717, 1.165) is 12.2 Å². The number of hydrogen-bond acceptors (Lipinski definition) is 5. The molecule has 1 atom stereocenters. The van der Waals surface area contributed by atoms with Crippen LogP contribution in [-0.2, 0) is 11.2 Å². The smallest absolute Gasteiger partial charge is 0.237 e. The Morgan fingerprint density at radius 3 is 3.04 bits per heavy atom. The molecular formula is C18H21N5OS. The van der Waals surface area contributed by atoms with Crippen LogP contribution in [0.25, 0.3) is 0 Å². The van der Waals surface area contributed by atoms with Gasteiger partial charge in [0.15, 0.2) is 0 Å². The number of nitrogens with zero attached hydrogens (tertiary/aromatic N) is 3. The Morgan fingerprint density at radius 2 is 2.28 bits per heavy atom. The van der Waals surface area contributed by atoms with Crippen molar-refractivity contribution in [1.82, 2.24) is 15.2 Å². The number of rotatable bonds is 6. The number of carbonyl (C=O) groups excluding carboxylic acids is 1. The highest BCUT2D eigenvalue weighted by Crippen LogP contribution is 2.28. The second-order valence-electron chi connectivity index (χ2n) is 6.36. The Labute approximate surface area is 151 Å². The van der Waals surface area contributed by atoms with Crippen LogP contribution in [0.2, 0.25) is 0 Å². The third kappa shape index (κ3) is 4.83. The Balaban J connectivity index is 1.54. The largest absolute Gasteiger partial charge is 0.325 e. The predicted molar refractivity (Wildman–Crippen MR) is 97.2 cm³/mol. The third-order valence-electron chi connectivity index (χ3n) is 4.38. The Morgan fingerprint density at radius 1 is 1.48 bits per heavy atom. The van der Waals surface area contributed by atoms with E-state index in [9.17, 15) is 4.79 Å². The van der Waals surface area contributed by atoms with Crippen molar-refractivity contribution >= 4 is 23.4 Å². The maximum atomic E-state index is 12.3. The molecule has 2 N–H and O–H groups in total. The average molecular weight is 355 g/mol. The van der Waals surface area contributed by atoms with Crippen LogP contribution in [0.4, 0.5) is 5.69 Å². The number of hydrogen-bond donors (Lipinski definition) is 2. The number of amides is 1. The highest BCUT2D eigenvalue weighted by molar-refractivity contribution is 8.00. The first-order chi connectivity index (χ1) is 12.1. The average Bonchev–Trinajstić information content (AvgIpc) is 3.27. The molecule has 1 heterocycles. The number of aromatic nitrogens is 3. The van der Waals surface area contributed by atoms with E-state index < -0.39 is 0 Å². The minimum absolute atomic E-state index is 0.137. The first-order valence-corrected chi connectivity index (χ1v) is 9.41. The van der Waals surface area contributed by atoms with E-state index in [1.807, 2.05) is 6.92 Å². The van der Waals surface area contributed by atoms with Gasteiger partial charge in [0.05, 0.1) is 16.9 Å². The lowest BCUT2D eigenvalue weighted by molar-refractivity contribution is -0.115. The quantitative estimate of drug-likeness (QED) is 0.773. The molecule has 130 valence electrons. The Bertz CT molecular complexity index is 776. The summed E-state index contributed by atoms with van der Waals surface area (Å²) < 4.78 is 0. The Kier molecular flexibility index (Phi) is 5.71. The third-order valence-corrected chi connectivity index (χ3v) is 5.34. The number of thioether (sulfide) groups is 1. The monoisotopic (exact) mass is 355 g/mol. The minimum Gasteiger partial charge on any atom is -0.325 e. The number of nitrogens with one attached hydrogen (secondary N) is 2. The second-order valence-corrected chi connectivity index (χ2v) is 7.67. The standard InChI is InChI=1S/C18H21N5OS/c1-12(17(24)20-15-8-4-7-14(9-15)11-19)25-18-21-16(22-23-18)10-13-5-2-3-6-13/h4,7-9,12-13H,2-3,5-6,10H2,1H3,(H,20,24)(H,21,22,23). The Hall–Kier alpha value is -2.33. The zero-order valence-corrected chi connectivity index (χ0v) is 15.0. The van der Waals surface area contributed by atoms with Crippen LogP contribution in [-0.4, -0.2) is 26.3 Å². The van der Waals surface area contributed by atoms with Crippen LogP contribution in [0, 0.1) is 17.2 Å². The van der Waals surface area contributed by atoms with Crippen molar-refractivity contribution in [2.45, 2.75) is 49.4 Å². The molecule has 6 nitrogen and oxygen atoms in total. The van der Waals surface area contributed by atoms with Gasteiger partial charge in [-0.3, -0.25) is 9.89 Å². The van der Waals surface area contributed by atoms with Crippen molar-refractivity contribution < 1.29 is 4.79 Å². The molecule has 3 rings (SSSR count). The van der Waals surface area contributed by atoms with E-state index in [0.29, 0.717) is 22.3 Å². The molecule has 1 saturated carbocycles. The van der Waals surface area contributed by atoms with Gasteiger partial charge in [0.1, 0.15) is 5.82 Å². The van der Waals surface area contributed by atoms with E-state index >= 15 is 0 Å². The minimum atomic E-state index is -0.333. The van der Waals surface area contributed by atoms with E-state index in [1.54, 1.807) is 24.3 Å². The lowest BCUT2D eigenvalue weighted by Gasteiger charge is -2.10. The zero-order valence-electron chi connectivity index (χ0n) is 14.2. The molecule has 25 heavy (non-hydrogen) atoms. The highest BCUT2D eigenvalue weighted by Gasteiger charge is 2.20. The molecule has 0 bridgehead atoms. The summed E-state index contributed by atoms with van der Waals surface area (Å²) in [6, 6.07) is 8.93. The van der Waals surface area contributed by atoms with Gasteiger partial charge in [-0.05, 0) is 31.0 Å². The zero-order chi connectivity index (χ0) is 17.6. The summed E-state index contributed by atoms with van der Waals surface area (Å²) in [5.74, 6) is 1.48. The lowest BCUT2D eigenvalue weighted by Crippen LogP contribution is -2.22. The summed E-state index contributed by atoms with van der Waals surface area (Å²) in [5, 5.41) is 19.2. The van der Waals surface area contributed by atoms with Crippen LogP contribution in [0.3, 0.4) is 0 Å². The van der Waals surface area contributed by atoms with Gasteiger partial charge in [-0.15, -0.1) is 5.10 Å². The van der Waals surface area contributed by atoms with Gasteiger partial charge >= 0.3 is 0 Å². The summed E-state index contributed by atoms with van der Waals surface area (Å²) in [6.07, 6.45) is 6.10. The molecule has 7 heteroatoms. The topological polar surface area (TPSA) is 94.5 Å². The first-order valence-electron chi connectivity index (χ1n) is 8.53. The summed E-state index contributed by atoms with van der Waals surface area (Å²) in [7, 11) is 0. The van der Waals surface area contributed by atoms with E-state index in [2.05, 4.69) is 26.6 Å². The molecule has 1 amide bonds. The van der Waals surface area contributed by atoms with Gasteiger partial charge < -0.3 is 5.32 Å². The number of anilines is 1. The van der Waals surface area contributed by atoms with Crippen molar-refractivity contribution in [3.8, 4) is 6.07 Å². The molecule has 0 saturated heterocycles. The molecule has 0 aliphatic heterocycles. The van der Waals surface area contributed by atoms with Gasteiger partial charge in [0.25, 0.3) is 0 Å². The SMILES string of the molecule is CC(Sc1n[nH]c(CC2CCCC2)n1)C(=O)Nc1cccc(C#N)c1. The van der Waals surface area contributed by atoms with Crippen molar-refractivity contribution in [2.24, 2.45) is 5.92 Å². The van der Waals surface area contributed by atoms with Crippen LogP contribution in [0.1, 0.15) is 44.0 Å². The number of aromatic amines is 1. The summed E-state index contributed by atoms with van der Waals surface area (Å²) in [6.45, 7) is 1.82. The van der Waals surface area contributed by atoms with Crippen LogP contribution < -0.4 is 5.32 Å². The molecular weight excluding hydrogens is 334 g/mol. The van der Waals surface area contributed by atoms with E-state index in [-0.39, 0.29) is 11.2 Å². The van der Waals surface area contributed by atoms with Crippen LogP contribution >= 0.6 is 11.8 Å². The summed E-state index contributed by atoms with van der Waals surface area (Å²) in [5.41, 5.74) is 1.14. The molecule has 1 fully saturated rings. The highest BCUT2D eigenvalue weighted by atomic mass is 32.2. The van der Waals surface area contributed by atoms with Gasteiger partial charge in [-0.2, -0.15) is 5.26 Å². The fraction of sp³-hybridized carbons (Fsp3) is 0.444. The number of nitriles is 1. The van der Waals surface area contributed by atoms with Crippen LogP contribution in [0.15, 0.2) is 29.4 Å². The van der Waals surface area contributed by atoms with Gasteiger partial charge in [0, 0.05) is 12.1 Å². The van der Waals surface area contributed by atoms with Gasteiger partial charge in [0.2, 0.25) is 11.1 Å².